The molecule has 2 aromatic rings. The summed E-state index contributed by atoms with van der Waals surface area (Å²) in [5.74, 6) is -1.78. The van der Waals surface area contributed by atoms with Gasteiger partial charge in [-0.1, -0.05) is 29.8 Å². The SMILES string of the molecule is Cc1ccccc1C(=O)NC(=S)Nc1ccc(Cl)cc1C(=O)[O-]. The molecule has 23 heavy (non-hydrogen) atoms. The second-order valence-electron chi connectivity index (χ2n) is 4.70. The highest BCUT2D eigenvalue weighted by Gasteiger charge is 2.12. The molecule has 0 fully saturated rings. The lowest BCUT2D eigenvalue weighted by Crippen LogP contribution is -2.35. The zero-order valence-corrected chi connectivity index (χ0v) is 13.6. The number of halogens is 1. The van der Waals surface area contributed by atoms with Crippen LogP contribution in [0.2, 0.25) is 5.02 Å². The van der Waals surface area contributed by atoms with E-state index in [1.54, 1.807) is 25.1 Å². The quantitative estimate of drug-likeness (QED) is 0.831. The number of amides is 1. The van der Waals surface area contributed by atoms with Crippen LogP contribution < -0.4 is 15.7 Å². The highest BCUT2D eigenvalue weighted by atomic mass is 35.5. The predicted octanol–water partition coefficient (Wildman–Crippen LogP) is 2.14. The third kappa shape index (κ3) is 4.28. The molecule has 0 heterocycles. The van der Waals surface area contributed by atoms with Crippen molar-refractivity contribution in [2.45, 2.75) is 6.92 Å². The number of anilines is 1. The number of nitrogens with one attached hydrogen (secondary N) is 2. The summed E-state index contributed by atoms with van der Waals surface area (Å²) >= 11 is 10.8. The minimum absolute atomic E-state index is 0.0249. The van der Waals surface area contributed by atoms with Gasteiger partial charge in [0, 0.05) is 21.8 Å². The minimum atomic E-state index is -1.40. The number of carbonyl (C=O) groups is 2. The van der Waals surface area contributed by atoms with Crippen LogP contribution in [0, 0.1) is 6.92 Å². The van der Waals surface area contributed by atoms with Gasteiger partial charge >= 0.3 is 0 Å². The van der Waals surface area contributed by atoms with Gasteiger partial charge in [0.2, 0.25) is 0 Å². The average Bonchev–Trinajstić information content (AvgIpc) is 2.49. The summed E-state index contributed by atoms with van der Waals surface area (Å²) in [6.45, 7) is 1.80. The molecule has 0 saturated heterocycles. The van der Waals surface area contributed by atoms with Crippen LogP contribution in [-0.2, 0) is 0 Å². The summed E-state index contributed by atoms with van der Waals surface area (Å²) in [6, 6.07) is 11.2. The molecule has 0 saturated carbocycles. The van der Waals surface area contributed by atoms with Crippen LogP contribution in [0.3, 0.4) is 0 Å². The van der Waals surface area contributed by atoms with Crippen LogP contribution in [0.25, 0.3) is 0 Å². The number of aromatic carboxylic acids is 1. The number of hydrogen-bond donors (Lipinski definition) is 2. The van der Waals surface area contributed by atoms with Gasteiger partial charge in [-0.25, -0.2) is 0 Å². The second-order valence-corrected chi connectivity index (χ2v) is 5.55. The molecule has 2 N–H and O–H groups in total. The molecule has 0 aliphatic rings. The van der Waals surface area contributed by atoms with Gasteiger partial charge in [-0.15, -0.1) is 0 Å². The zero-order valence-electron chi connectivity index (χ0n) is 12.1. The normalized spacial score (nSPS) is 10.0. The Balaban J connectivity index is 2.13. The molecule has 0 bridgehead atoms. The maximum absolute atomic E-state index is 12.2. The molecular formula is C16H12ClN2O3S-. The van der Waals surface area contributed by atoms with Crippen molar-refractivity contribution in [1.29, 1.82) is 0 Å². The number of hydrogen-bond acceptors (Lipinski definition) is 4. The van der Waals surface area contributed by atoms with E-state index < -0.39 is 5.97 Å². The fraction of sp³-hybridized carbons (Fsp3) is 0.0625. The van der Waals surface area contributed by atoms with Crippen molar-refractivity contribution in [2.75, 3.05) is 5.32 Å². The van der Waals surface area contributed by atoms with E-state index in [4.69, 9.17) is 23.8 Å². The molecule has 0 radical (unpaired) electrons. The van der Waals surface area contributed by atoms with Crippen molar-refractivity contribution < 1.29 is 14.7 Å². The number of thiocarbonyl (C=S) groups is 1. The summed E-state index contributed by atoms with van der Waals surface area (Å²) < 4.78 is 0. The van der Waals surface area contributed by atoms with Crippen LogP contribution in [0.15, 0.2) is 42.5 Å². The van der Waals surface area contributed by atoms with Crippen molar-refractivity contribution in [3.63, 3.8) is 0 Å². The van der Waals surface area contributed by atoms with Gasteiger partial charge in [0.25, 0.3) is 5.91 Å². The van der Waals surface area contributed by atoms with E-state index >= 15 is 0 Å². The van der Waals surface area contributed by atoms with Crippen molar-refractivity contribution in [3.05, 3.63) is 64.2 Å². The number of benzene rings is 2. The largest absolute Gasteiger partial charge is 0.545 e. The molecule has 0 aromatic heterocycles. The fourth-order valence-corrected chi connectivity index (χ4v) is 2.32. The summed E-state index contributed by atoms with van der Waals surface area (Å²) in [5.41, 5.74) is 1.32. The summed E-state index contributed by atoms with van der Waals surface area (Å²) in [5, 5.41) is 16.5. The van der Waals surface area contributed by atoms with Crippen molar-refractivity contribution in [2.24, 2.45) is 0 Å². The second kappa shape index (κ2) is 7.21. The van der Waals surface area contributed by atoms with Gasteiger partial charge in [0.15, 0.2) is 5.11 Å². The lowest BCUT2D eigenvalue weighted by molar-refractivity contribution is -0.254. The van der Waals surface area contributed by atoms with Gasteiger partial charge in [-0.3, -0.25) is 10.1 Å². The molecule has 0 atom stereocenters. The first-order chi connectivity index (χ1) is 10.9. The first-order valence-corrected chi connectivity index (χ1v) is 7.36. The lowest BCUT2D eigenvalue weighted by atomic mass is 10.1. The smallest absolute Gasteiger partial charge is 0.257 e. The Hall–Kier alpha value is -2.44. The Labute approximate surface area is 143 Å². The van der Waals surface area contributed by atoms with E-state index in [0.717, 1.165) is 5.56 Å². The van der Waals surface area contributed by atoms with E-state index in [0.29, 0.717) is 5.56 Å². The van der Waals surface area contributed by atoms with Crippen molar-refractivity contribution in [1.82, 2.24) is 5.32 Å². The van der Waals surface area contributed by atoms with E-state index in [1.807, 2.05) is 6.07 Å². The van der Waals surface area contributed by atoms with Crippen LogP contribution >= 0.6 is 23.8 Å². The first-order valence-electron chi connectivity index (χ1n) is 6.57. The summed E-state index contributed by atoms with van der Waals surface area (Å²) in [6.07, 6.45) is 0. The molecule has 0 spiro atoms. The Morgan fingerprint density at radius 3 is 2.48 bits per heavy atom. The number of carboxylic acids is 1. The fourth-order valence-electron chi connectivity index (χ4n) is 1.95. The minimum Gasteiger partial charge on any atom is -0.545 e. The maximum Gasteiger partial charge on any atom is 0.257 e. The lowest BCUT2D eigenvalue weighted by Gasteiger charge is -2.15. The predicted molar refractivity (Wildman–Crippen MR) is 90.6 cm³/mol. The van der Waals surface area contributed by atoms with Gasteiger partial charge in [0.05, 0.1) is 5.97 Å². The number of aryl methyl sites for hydroxylation is 1. The van der Waals surface area contributed by atoms with Crippen molar-refractivity contribution in [3.8, 4) is 0 Å². The molecule has 2 rings (SSSR count). The first kappa shape index (κ1) is 16.9. The Morgan fingerprint density at radius 1 is 1.13 bits per heavy atom. The van der Waals surface area contributed by atoms with Crippen LogP contribution in [0.4, 0.5) is 5.69 Å². The Morgan fingerprint density at radius 2 is 1.83 bits per heavy atom. The molecule has 118 valence electrons. The average molecular weight is 348 g/mol. The third-order valence-electron chi connectivity index (χ3n) is 3.07. The number of carbonyl (C=O) groups excluding carboxylic acids is 2. The van der Waals surface area contributed by atoms with Gasteiger partial charge in [0.1, 0.15) is 0 Å². The van der Waals surface area contributed by atoms with Gasteiger partial charge in [-0.05, 0) is 49.0 Å². The summed E-state index contributed by atoms with van der Waals surface area (Å²) in [7, 11) is 0. The topological polar surface area (TPSA) is 81.3 Å². The van der Waals surface area contributed by atoms with Crippen LogP contribution in [-0.4, -0.2) is 17.0 Å². The van der Waals surface area contributed by atoms with Crippen LogP contribution in [0.5, 0.6) is 0 Å². The molecule has 0 unspecified atom stereocenters. The summed E-state index contributed by atoms with van der Waals surface area (Å²) in [4.78, 5) is 23.3. The molecular weight excluding hydrogens is 336 g/mol. The highest BCUT2D eigenvalue weighted by Crippen LogP contribution is 2.20. The van der Waals surface area contributed by atoms with Crippen molar-refractivity contribution >= 4 is 46.5 Å². The van der Waals surface area contributed by atoms with Gasteiger partial charge in [-0.2, -0.15) is 0 Å². The standard InChI is InChI=1S/C16H13ClN2O3S/c1-9-4-2-3-5-11(9)14(20)19-16(23)18-13-7-6-10(17)8-12(13)15(21)22/h2-8H,1H3,(H,21,22)(H2,18,19,20,23)/p-1. The van der Waals surface area contributed by atoms with E-state index in [-0.39, 0.29) is 27.3 Å². The highest BCUT2D eigenvalue weighted by molar-refractivity contribution is 7.80. The Kier molecular flexibility index (Phi) is 5.31. The van der Waals surface area contributed by atoms with E-state index in [9.17, 15) is 14.7 Å². The number of carboxylic acid groups (broad SMARTS) is 1. The molecule has 2 aromatic carbocycles. The third-order valence-corrected chi connectivity index (χ3v) is 3.51. The molecule has 5 nitrogen and oxygen atoms in total. The maximum atomic E-state index is 12.2. The molecule has 0 aliphatic carbocycles. The van der Waals surface area contributed by atoms with Gasteiger partial charge < -0.3 is 15.2 Å². The molecule has 0 aliphatic heterocycles. The molecule has 7 heteroatoms. The number of rotatable bonds is 3. The monoisotopic (exact) mass is 347 g/mol. The van der Waals surface area contributed by atoms with Crippen LogP contribution in [0.1, 0.15) is 26.3 Å². The van der Waals surface area contributed by atoms with E-state index in [2.05, 4.69) is 10.6 Å². The zero-order chi connectivity index (χ0) is 17.0. The van der Waals surface area contributed by atoms with E-state index in [1.165, 1.54) is 18.2 Å². The Bertz CT molecular complexity index is 793. The molecule has 1 amide bonds.